The molecule has 0 aliphatic rings. The normalized spacial score (nSPS) is 11.4. The maximum Gasteiger partial charge on any atom is 0.573 e. The van der Waals surface area contributed by atoms with Crippen molar-refractivity contribution >= 4 is 34.3 Å². The quantitative estimate of drug-likeness (QED) is 0.466. The lowest BCUT2D eigenvalue weighted by atomic mass is 10.3. The fourth-order valence-corrected chi connectivity index (χ4v) is 2.38. The molecule has 12 heteroatoms. The molecule has 4 aromatic rings. The fraction of sp³-hybridized carbons (Fsp3) is 0.0588. The van der Waals surface area contributed by atoms with Gasteiger partial charge in [-0.2, -0.15) is 0 Å². The number of nitrogens with zero attached hydrogens (tertiary/aromatic N) is 4. The zero-order chi connectivity index (χ0) is 20.4. The van der Waals surface area contributed by atoms with Crippen molar-refractivity contribution < 1.29 is 26.9 Å². The zero-order valence-corrected chi connectivity index (χ0v) is 14.2. The second-order valence-electron chi connectivity index (χ2n) is 5.63. The Morgan fingerprint density at radius 1 is 0.828 bits per heavy atom. The predicted molar refractivity (Wildman–Crippen MR) is 93.5 cm³/mol. The van der Waals surface area contributed by atoms with Crippen LogP contribution in [0.5, 0.6) is 5.75 Å². The molecule has 8 nitrogen and oxygen atoms in total. The third-order valence-electron chi connectivity index (χ3n) is 3.59. The number of aromatic nitrogens is 4. The van der Waals surface area contributed by atoms with Crippen LogP contribution in [0.25, 0.3) is 11.3 Å². The highest BCUT2D eigenvalue weighted by Gasteiger charge is 2.31. The van der Waals surface area contributed by atoms with Gasteiger partial charge in [0.05, 0.1) is 5.69 Å². The average molecular weight is 406 g/mol. The third-order valence-corrected chi connectivity index (χ3v) is 3.59. The van der Waals surface area contributed by atoms with E-state index in [4.69, 9.17) is 0 Å². The van der Waals surface area contributed by atoms with Crippen molar-refractivity contribution in [3.05, 3.63) is 54.3 Å². The molecule has 0 saturated carbocycles. The zero-order valence-electron chi connectivity index (χ0n) is 14.2. The van der Waals surface area contributed by atoms with E-state index in [2.05, 4.69) is 40.3 Å². The van der Waals surface area contributed by atoms with E-state index in [1.165, 1.54) is 30.3 Å². The molecule has 148 valence electrons. The molecular formula is C17H10F4N6O2. The van der Waals surface area contributed by atoms with Crippen LogP contribution in [0.4, 0.5) is 40.6 Å². The van der Waals surface area contributed by atoms with Crippen LogP contribution in [-0.2, 0) is 0 Å². The minimum atomic E-state index is -4.79. The Morgan fingerprint density at radius 3 is 2.07 bits per heavy atom. The molecule has 0 bridgehead atoms. The summed E-state index contributed by atoms with van der Waals surface area (Å²) in [7, 11) is 0. The Balaban J connectivity index is 1.64. The van der Waals surface area contributed by atoms with Crippen LogP contribution >= 0.6 is 0 Å². The van der Waals surface area contributed by atoms with E-state index < -0.39 is 12.2 Å². The standard InChI is InChI=1S/C17H10F4N6O2/c18-11-3-1-2-4-12(11)23-14-13(24-15-16(25-14)27-29-26-15)22-9-5-7-10(8-6-9)28-17(19,20)21/h1-8H,(H,22,24,26)(H,23,25,27). The summed E-state index contributed by atoms with van der Waals surface area (Å²) in [5, 5.41) is 12.9. The summed E-state index contributed by atoms with van der Waals surface area (Å²) in [6, 6.07) is 10.9. The first kappa shape index (κ1) is 18.4. The summed E-state index contributed by atoms with van der Waals surface area (Å²) >= 11 is 0. The van der Waals surface area contributed by atoms with Gasteiger partial charge in [0, 0.05) is 5.69 Å². The van der Waals surface area contributed by atoms with Crippen molar-refractivity contribution in [1.82, 2.24) is 20.3 Å². The van der Waals surface area contributed by atoms with Crippen LogP contribution < -0.4 is 15.4 Å². The van der Waals surface area contributed by atoms with E-state index in [-0.39, 0.29) is 34.4 Å². The summed E-state index contributed by atoms with van der Waals surface area (Å²) in [6.45, 7) is 0. The van der Waals surface area contributed by atoms with E-state index in [0.717, 1.165) is 12.1 Å². The summed E-state index contributed by atoms with van der Waals surface area (Å²) < 4.78 is 59.2. The number of hydrogen-bond acceptors (Lipinski definition) is 8. The van der Waals surface area contributed by atoms with Crippen LogP contribution in [-0.4, -0.2) is 26.6 Å². The number of para-hydroxylation sites is 1. The van der Waals surface area contributed by atoms with Gasteiger partial charge in [0.25, 0.3) is 0 Å². The van der Waals surface area contributed by atoms with Crippen molar-refractivity contribution in [3.63, 3.8) is 0 Å². The van der Waals surface area contributed by atoms with E-state index in [1.54, 1.807) is 6.07 Å². The minimum Gasteiger partial charge on any atom is -0.406 e. The lowest BCUT2D eigenvalue weighted by molar-refractivity contribution is -0.274. The molecule has 2 aromatic carbocycles. The number of fused-ring (bicyclic) bond motifs is 1. The smallest absolute Gasteiger partial charge is 0.406 e. The molecule has 0 aliphatic heterocycles. The minimum absolute atomic E-state index is 0.0864. The monoisotopic (exact) mass is 406 g/mol. The van der Waals surface area contributed by atoms with Gasteiger partial charge < -0.3 is 15.4 Å². The van der Waals surface area contributed by atoms with E-state index in [1.807, 2.05) is 0 Å². The SMILES string of the molecule is Fc1ccccc1Nc1nc2nonc2nc1Nc1ccc(OC(F)(F)F)cc1. The number of benzene rings is 2. The number of alkyl halides is 3. The van der Waals surface area contributed by atoms with Gasteiger partial charge in [-0.3, -0.25) is 0 Å². The number of halogens is 4. The highest BCUT2D eigenvalue weighted by atomic mass is 19.4. The first-order valence-electron chi connectivity index (χ1n) is 8.02. The average Bonchev–Trinajstić information content (AvgIpc) is 3.11. The number of anilines is 4. The number of hydrogen-bond donors (Lipinski definition) is 2. The van der Waals surface area contributed by atoms with Gasteiger partial charge in [0.15, 0.2) is 11.6 Å². The van der Waals surface area contributed by atoms with E-state index in [0.29, 0.717) is 5.69 Å². The Bertz CT molecular complexity index is 1150. The molecule has 2 N–H and O–H groups in total. The molecule has 0 unspecified atom stereocenters. The molecule has 4 rings (SSSR count). The number of nitrogens with one attached hydrogen (secondary N) is 2. The lowest BCUT2D eigenvalue weighted by Crippen LogP contribution is -2.17. The van der Waals surface area contributed by atoms with Gasteiger partial charge >= 0.3 is 6.36 Å². The van der Waals surface area contributed by atoms with Crippen LogP contribution in [0.3, 0.4) is 0 Å². The Hall–Kier alpha value is -3.96. The molecule has 0 saturated heterocycles. The molecule has 0 amide bonds. The topological polar surface area (TPSA) is 98.0 Å². The maximum atomic E-state index is 14.0. The Kier molecular flexibility index (Phi) is 4.58. The molecule has 0 aliphatic carbocycles. The van der Waals surface area contributed by atoms with Gasteiger partial charge in [-0.1, -0.05) is 12.1 Å². The number of ether oxygens (including phenoxy) is 1. The van der Waals surface area contributed by atoms with Crippen LogP contribution in [0, 0.1) is 5.82 Å². The number of rotatable bonds is 5. The molecule has 29 heavy (non-hydrogen) atoms. The molecule has 0 atom stereocenters. The molecule has 0 fully saturated rings. The van der Waals surface area contributed by atoms with E-state index >= 15 is 0 Å². The largest absolute Gasteiger partial charge is 0.573 e. The lowest BCUT2D eigenvalue weighted by Gasteiger charge is -2.13. The maximum absolute atomic E-state index is 14.0. The summed E-state index contributed by atoms with van der Waals surface area (Å²) in [4.78, 5) is 8.39. The van der Waals surface area contributed by atoms with Gasteiger partial charge in [0.2, 0.25) is 11.3 Å². The molecular weight excluding hydrogens is 396 g/mol. The predicted octanol–water partition coefficient (Wildman–Crippen LogP) is 4.54. The molecule has 2 aromatic heterocycles. The van der Waals surface area contributed by atoms with E-state index in [9.17, 15) is 17.6 Å². The van der Waals surface area contributed by atoms with Crippen molar-refractivity contribution in [2.75, 3.05) is 10.6 Å². The van der Waals surface area contributed by atoms with Gasteiger partial charge in [0.1, 0.15) is 11.6 Å². The van der Waals surface area contributed by atoms with Crippen molar-refractivity contribution in [3.8, 4) is 5.75 Å². The highest BCUT2D eigenvalue weighted by Crippen LogP contribution is 2.29. The summed E-state index contributed by atoms with van der Waals surface area (Å²) in [5.74, 6) is -0.669. The first-order valence-corrected chi connectivity index (χ1v) is 8.02. The van der Waals surface area contributed by atoms with Gasteiger partial charge in [-0.15, -0.1) is 13.2 Å². The van der Waals surface area contributed by atoms with Crippen LogP contribution in [0.1, 0.15) is 0 Å². The highest BCUT2D eigenvalue weighted by molar-refractivity contribution is 5.79. The molecule has 0 radical (unpaired) electrons. The van der Waals surface area contributed by atoms with Crippen molar-refractivity contribution in [2.45, 2.75) is 6.36 Å². The fourth-order valence-electron chi connectivity index (χ4n) is 2.38. The Morgan fingerprint density at radius 2 is 1.45 bits per heavy atom. The van der Waals surface area contributed by atoms with Gasteiger partial charge in [-0.25, -0.2) is 19.0 Å². The second kappa shape index (κ2) is 7.22. The Labute approximate surface area is 159 Å². The van der Waals surface area contributed by atoms with Crippen molar-refractivity contribution in [1.29, 1.82) is 0 Å². The molecule has 2 heterocycles. The second-order valence-corrected chi connectivity index (χ2v) is 5.63. The van der Waals surface area contributed by atoms with Crippen LogP contribution in [0.15, 0.2) is 53.2 Å². The summed E-state index contributed by atoms with van der Waals surface area (Å²) in [6.07, 6.45) is -4.79. The first-order chi connectivity index (χ1) is 13.9. The van der Waals surface area contributed by atoms with Crippen LogP contribution in [0.2, 0.25) is 0 Å². The summed E-state index contributed by atoms with van der Waals surface area (Å²) in [5.41, 5.74) is 0.683. The third kappa shape index (κ3) is 4.31. The van der Waals surface area contributed by atoms with Crippen molar-refractivity contribution in [2.24, 2.45) is 0 Å². The van der Waals surface area contributed by atoms with Gasteiger partial charge in [-0.05, 0) is 46.7 Å². The molecule has 0 spiro atoms.